The lowest BCUT2D eigenvalue weighted by Gasteiger charge is -1.91. The number of hydrogen-bond donors (Lipinski definition) is 0. The van der Waals surface area contributed by atoms with E-state index in [1.165, 1.54) is 12.3 Å². The van der Waals surface area contributed by atoms with Gasteiger partial charge >= 0.3 is 0 Å². The molecular formula is C9H8N4O. The van der Waals surface area contributed by atoms with Gasteiger partial charge in [0.2, 0.25) is 11.9 Å². The minimum atomic E-state index is 0.479. The Kier molecular flexibility index (Phi) is 2.08. The number of aliphatic imine (C=N–C) groups is 1. The van der Waals surface area contributed by atoms with Gasteiger partial charge in [0.1, 0.15) is 5.69 Å². The van der Waals surface area contributed by atoms with Gasteiger partial charge in [0.15, 0.2) is 0 Å². The van der Waals surface area contributed by atoms with Gasteiger partial charge in [-0.3, -0.25) is 4.40 Å². The molecule has 0 aliphatic carbocycles. The van der Waals surface area contributed by atoms with E-state index in [0.29, 0.717) is 11.5 Å². The number of isocyanates is 1. The van der Waals surface area contributed by atoms with E-state index in [4.69, 9.17) is 0 Å². The standard InChI is InChI=1S/C9H8N4O/c1-2-7-4-13-5-8(11-6-14)3-10-9(13)12-7/h3-5H,2H2,1H3. The van der Waals surface area contributed by atoms with Crippen LogP contribution in [0, 0.1) is 0 Å². The third kappa shape index (κ3) is 1.41. The molecule has 0 amide bonds. The molecule has 0 N–H and O–H groups in total. The van der Waals surface area contributed by atoms with Crippen molar-refractivity contribution in [2.45, 2.75) is 13.3 Å². The molecule has 2 aromatic rings. The van der Waals surface area contributed by atoms with E-state index in [0.717, 1.165) is 12.1 Å². The van der Waals surface area contributed by atoms with Crippen molar-refractivity contribution in [1.82, 2.24) is 14.4 Å². The van der Waals surface area contributed by atoms with E-state index in [-0.39, 0.29) is 0 Å². The molecule has 0 aliphatic heterocycles. The summed E-state index contributed by atoms with van der Waals surface area (Å²) in [5, 5.41) is 0. The molecule has 0 radical (unpaired) electrons. The molecule has 0 aromatic carbocycles. The van der Waals surface area contributed by atoms with Crippen LogP contribution in [0.25, 0.3) is 5.78 Å². The number of aryl methyl sites for hydroxylation is 1. The molecule has 2 heterocycles. The minimum absolute atomic E-state index is 0.479. The molecule has 0 saturated carbocycles. The van der Waals surface area contributed by atoms with Crippen LogP contribution < -0.4 is 0 Å². The fraction of sp³-hybridized carbons (Fsp3) is 0.222. The number of fused-ring (bicyclic) bond motifs is 1. The van der Waals surface area contributed by atoms with Crippen LogP contribution in [-0.2, 0) is 11.2 Å². The first-order valence-corrected chi connectivity index (χ1v) is 4.25. The lowest BCUT2D eigenvalue weighted by molar-refractivity contribution is 0.565. The highest BCUT2D eigenvalue weighted by Crippen LogP contribution is 2.10. The number of hydrogen-bond acceptors (Lipinski definition) is 4. The number of carbonyl (C=O) groups excluding carboxylic acids is 1. The van der Waals surface area contributed by atoms with Gasteiger partial charge in [-0.1, -0.05) is 6.92 Å². The zero-order valence-electron chi connectivity index (χ0n) is 7.64. The summed E-state index contributed by atoms with van der Waals surface area (Å²) in [5.41, 5.74) is 1.44. The van der Waals surface area contributed by atoms with Crippen molar-refractivity contribution >= 4 is 17.5 Å². The lowest BCUT2D eigenvalue weighted by atomic mass is 10.4. The molecule has 0 aliphatic rings. The first-order chi connectivity index (χ1) is 6.83. The third-order valence-electron chi connectivity index (χ3n) is 1.88. The number of imidazole rings is 1. The van der Waals surface area contributed by atoms with Crippen molar-refractivity contribution in [3.05, 3.63) is 24.3 Å². The predicted octanol–water partition coefficient (Wildman–Crippen LogP) is 1.26. The maximum atomic E-state index is 10.0. The van der Waals surface area contributed by atoms with Gasteiger partial charge in [-0.2, -0.15) is 4.99 Å². The van der Waals surface area contributed by atoms with Crippen LogP contribution in [0.15, 0.2) is 23.6 Å². The van der Waals surface area contributed by atoms with Gasteiger partial charge in [0.05, 0.1) is 11.9 Å². The van der Waals surface area contributed by atoms with Crippen LogP contribution in [0.5, 0.6) is 0 Å². The van der Waals surface area contributed by atoms with E-state index in [1.807, 2.05) is 13.1 Å². The van der Waals surface area contributed by atoms with Crippen LogP contribution in [0.2, 0.25) is 0 Å². The van der Waals surface area contributed by atoms with Crippen LogP contribution in [0.1, 0.15) is 12.6 Å². The van der Waals surface area contributed by atoms with Crippen LogP contribution in [0.3, 0.4) is 0 Å². The van der Waals surface area contributed by atoms with Gasteiger partial charge in [-0.15, -0.1) is 0 Å². The summed E-state index contributed by atoms with van der Waals surface area (Å²) in [7, 11) is 0. The van der Waals surface area contributed by atoms with Crippen molar-refractivity contribution in [1.29, 1.82) is 0 Å². The van der Waals surface area contributed by atoms with Crippen molar-refractivity contribution in [3.8, 4) is 0 Å². The van der Waals surface area contributed by atoms with E-state index in [2.05, 4.69) is 15.0 Å². The molecule has 2 aromatic heterocycles. The summed E-state index contributed by atoms with van der Waals surface area (Å²) in [6.45, 7) is 2.02. The summed E-state index contributed by atoms with van der Waals surface area (Å²) < 4.78 is 1.75. The van der Waals surface area contributed by atoms with Gasteiger partial charge in [0, 0.05) is 12.4 Å². The summed E-state index contributed by atoms with van der Waals surface area (Å²) in [5.74, 6) is 0.617. The Hall–Kier alpha value is -2.00. The Bertz CT molecular complexity index is 511. The molecule has 0 saturated heterocycles. The number of nitrogens with zero attached hydrogens (tertiary/aromatic N) is 4. The van der Waals surface area contributed by atoms with Gasteiger partial charge in [-0.25, -0.2) is 14.8 Å². The Morgan fingerprint density at radius 2 is 2.43 bits per heavy atom. The van der Waals surface area contributed by atoms with Gasteiger partial charge in [-0.05, 0) is 6.42 Å². The van der Waals surface area contributed by atoms with Crippen molar-refractivity contribution in [2.24, 2.45) is 4.99 Å². The largest absolute Gasteiger partial charge is 0.289 e. The van der Waals surface area contributed by atoms with E-state index >= 15 is 0 Å². The summed E-state index contributed by atoms with van der Waals surface area (Å²) in [6, 6.07) is 0. The maximum Gasteiger partial charge on any atom is 0.240 e. The highest BCUT2D eigenvalue weighted by molar-refractivity contribution is 5.48. The second kappa shape index (κ2) is 3.40. The topological polar surface area (TPSA) is 59.6 Å². The Balaban J connectivity index is 2.59. The molecule has 5 nitrogen and oxygen atoms in total. The van der Waals surface area contributed by atoms with Crippen LogP contribution >= 0.6 is 0 Å². The molecule has 5 heteroatoms. The van der Waals surface area contributed by atoms with E-state index < -0.39 is 0 Å². The van der Waals surface area contributed by atoms with Crippen LogP contribution in [-0.4, -0.2) is 20.4 Å². The Morgan fingerprint density at radius 3 is 3.14 bits per heavy atom. The molecule has 0 unspecified atom stereocenters. The second-order valence-electron chi connectivity index (χ2n) is 2.81. The molecule has 0 spiro atoms. The normalized spacial score (nSPS) is 10.1. The van der Waals surface area contributed by atoms with Gasteiger partial charge < -0.3 is 0 Å². The van der Waals surface area contributed by atoms with Crippen LogP contribution in [0.4, 0.5) is 5.69 Å². The Morgan fingerprint density at radius 1 is 1.57 bits per heavy atom. The zero-order valence-corrected chi connectivity index (χ0v) is 7.64. The van der Waals surface area contributed by atoms with E-state index in [1.54, 1.807) is 10.6 Å². The second-order valence-corrected chi connectivity index (χ2v) is 2.81. The third-order valence-corrected chi connectivity index (χ3v) is 1.88. The SMILES string of the molecule is CCc1cn2cc(N=C=O)cnc2n1. The lowest BCUT2D eigenvalue weighted by Crippen LogP contribution is -1.85. The molecule has 2 rings (SSSR count). The minimum Gasteiger partial charge on any atom is -0.289 e. The molecule has 14 heavy (non-hydrogen) atoms. The molecular weight excluding hydrogens is 180 g/mol. The predicted molar refractivity (Wildman–Crippen MR) is 50.1 cm³/mol. The number of aromatic nitrogens is 3. The fourth-order valence-corrected chi connectivity index (χ4v) is 1.20. The smallest absolute Gasteiger partial charge is 0.240 e. The Labute approximate surface area is 80.1 Å². The van der Waals surface area contributed by atoms with Crippen molar-refractivity contribution < 1.29 is 4.79 Å². The van der Waals surface area contributed by atoms with Crippen molar-refractivity contribution in [3.63, 3.8) is 0 Å². The zero-order chi connectivity index (χ0) is 9.97. The quantitative estimate of drug-likeness (QED) is 0.526. The first-order valence-electron chi connectivity index (χ1n) is 4.25. The molecule has 0 bridgehead atoms. The summed E-state index contributed by atoms with van der Waals surface area (Å²) in [6.07, 6.45) is 7.38. The molecule has 0 fully saturated rings. The highest BCUT2D eigenvalue weighted by atomic mass is 16.1. The maximum absolute atomic E-state index is 10.0. The average Bonchev–Trinajstić information content (AvgIpc) is 2.60. The fourth-order valence-electron chi connectivity index (χ4n) is 1.20. The first kappa shape index (κ1) is 8.59. The average molecular weight is 188 g/mol. The van der Waals surface area contributed by atoms with E-state index in [9.17, 15) is 4.79 Å². The summed E-state index contributed by atoms with van der Waals surface area (Å²) in [4.78, 5) is 21.8. The summed E-state index contributed by atoms with van der Waals surface area (Å²) >= 11 is 0. The monoisotopic (exact) mass is 188 g/mol. The van der Waals surface area contributed by atoms with Crippen molar-refractivity contribution in [2.75, 3.05) is 0 Å². The highest BCUT2D eigenvalue weighted by Gasteiger charge is 2.00. The van der Waals surface area contributed by atoms with Gasteiger partial charge in [0.25, 0.3) is 0 Å². The molecule has 0 atom stereocenters. The molecule has 70 valence electrons. The number of rotatable bonds is 2.